The highest BCUT2D eigenvalue weighted by Crippen LogP contribution is 2.38. The Morgan fingerprint density at radius 3 is 2.47 bits per heavy atom. The molecule has 3 aromatic rings. The van der Waals surface area contributed by atoms with Crippen molar-refractivity contribution in [1.29, 1.82) is 0 Å². The summed E-state index contributed by atoms with van der Waals surface area (Å²) in [5.41, 5.74) is -0.992. The minimum atomic E-state index is -1.61. The molecule has 1 aliphatic rings. The molecule has 3 N–H and O–H groups in total. The topological polar surface area (TPSA) is 114 Å². The zero-order chi connectivity index (χ0) is 23.0. The largest absolute Gasteiger partial charge is 0.394 e. The molecule has 2 aromatic heterocycles. The van der Waals surface area contributed by atoms with Gasteiger partial charge in [-0.05, 0) is 34.1 Å². The standard InChI is InChI=1S/C19H16BrF3N4O4S/c20-9-3-10(5-24-4-9)32-19-18(30)16(17(29)14(7-28)31-19)27-6-13(25-26-27)8-1-11(21)15(23)12(22)2-8/h1-6,14,16-19,28-30H,7H2/t14?,16-,17-,18?,19+/m0/s1. The fraction of sp³-hybridized carbons (Fsp3) is 0.316. The Balaban J connectivity index is 1.64. The number of nitrogens with zero attached hydrogens (tertiary/aromatic N) is 4. The number of aliphatic hydroxyl groups excluding tert-OH is 3. The van der Waals surface area contributed by atoms with Gasteiger partial charge in [-0.2, -0.15) is 0 Å². The molecule has 13 heteroatoms. The smallest absolute Gasteiger partial charge is 0.194 e. The number of benzene rings is 1. The lowest BCUT2D eigenvalue weighted by atomic mass is 9.97. The van der Waals surface area contributed by atoms with Crippen LogP contribution in [-0.2, 0) is 4.74 Å². The van der Waals surface area contributed by atoms with Crippen LogP contribution in [0.25, 0.3) is 11.3 Å². The molecule has 170 valence electrons. The lowest BCUT2D eigenvalue weighted by Gasteiger charge is -2.41. The summed E-state index contributed by atoms with van der Waals surface area (Å²) in [4.78, 5) is 4.70. The third-order valence-corrected chi connectivity index (χ3v) is 6.43. The molecular weight excluding hydrogens is 517 g/mol. The monoisotopic (exact) mass is 532 g/mol. The van der Waals surface area contributed by atoms with Crippen LogP contribution in [0.5, 0.6) is 0 Å². The number of aromatic nitrogens is 4. The molecule has 0 radical (unpaired) electrons. The maximum atomic E-state index is 13.6. The van der Waals surface area contributed by atoms with Gasteiger partial charge in [-0.25, -0.2) is 17.9 Å². The summed E-state index contributed by atoms with van der Waals surface area (Å²) in [6.45, 7) is -0.534. The molecule has 0 saturated carbocycles. The summed E-state index contributed by atoms with van der Waals surface area (Å²) >= 11 is 4.43. The van der Waals surface area contributed by atoms with Crippen LogP contribution in [0.1, 0.15) is 6.04 Å². The number of hydrogen-bond acceptors (Lipinski definition) is 8. The molecule has 32 heavy (non-hydrogen) atoms. The van der Waals surface area contributed by atoms with Gasteiger partial charge in [0.1, 0.15) is 35.5 Å². The van der Waals surface area contributed by atoms with E-state index in [2.05, 4.69) is 31.2 Å². The van der Waals surface area contributed by atoms with Gasteiger partial charge in [0.25, 0.3) is 0 Å². The Kier molecular flexibility index (Phi) is 6.83. The van der Waals surface area contributed by atoms with Crippen LogP contribution in [0.4, 0.5) is 13.2 Å². The Bertz CT molecular complexity index is 1100. The van der Waals surface area contributed by atoms with Gasteiger partial charge in [-0.1, -0.05) is 17.0 Å². The zero-order valence-corrected chi connectivity index (χ0v) is 18.4. The highest BCUT2D eigenvalue weighted by molar-refractivity contribution is 9.10. The van der Waals surface area contributed by atoms with Crippen molar-refractivity contribution >= 4 is 27.7 Å². The second-order valence-electron chi connectivity index (χ2n) is 6.99. The number of pyridine rings is 1. The summed E-state index contributed by atoms with van der Waals surface area (Å²) in [5, 5.41) is 38.9. The van der Waals surface area contributed by atoms with Crippen LogP contribution in [-0.4, -0.2) is 65.7 Å². The normalized spacial score (nSPS) is 25.8. The van der Waals surface area contributed by atoms with E-state index in [1.165, 1.54) is 6.20 Å². The molecule has 5 atom stereocenters. The van der Waals surface area contributed by atoms with Crippen molar-refractivity contribution in [2.45, 2.75) is 34.7 Å². The Morgan fingerprint density at radius 2 is 1.81 bits per heavy atom. The lowest BCUT2D eigenvalue weighted by molar-refractivity contribution is -0.178. The second kappa shape index (κ2) is 9.45. The van der Waals surface area contributed by atoms with Gasteiger partial charge >= 0.3 is 0 Å². The van der Waals surface area contributed by atoms with Gasteiger partial charge in [0.2, 0.25) is 0 Å². The molecule has 3 heterocycles. The fourth-order valence-corrected chi connectivity index (χ4v) is 4.93. The van der Waals surface area contributed by atoms with Gasteiger partial charge in [-0.15, -0.1) is 5.10 Å². The van der Waals surface area contributed by atoms with E-state index < -0.39 is 53.8 Å². The average Bonchev–Trinajstić information content (AvgIpc) is 3.23. The van der Waals surface area contributed by atoms with E-state index >= 15 is 0 Å². The quantitative estimate of drug-likeness (QED) is 0.429. The predicted octanol–water partition coefficient (Wildman–Crippen LogP) is 2.29. The summed E-state index contributed by atoms with van der Waals surface area (Å²) < 4.78 is 47.9. The summed E-state index contributed by atoms with van der Waals surface area (Å²) in [7, 11) is 0. The first-order chi connectivity index (χ1) is 15.3. The van der Waals surface area contributed by atoms with Crippen molar-refractivity contribution in [3.63, 3.8) is 0 Å². The highest BCUT2D eigenvalue weighted by Gasteiger charge is 2.46. The highest BCUT2D eigenvalue weighted by atomic mass is 79.9. The molecule has 1 fully saturated rings. The van der Waals surface area contributed by atoms with Crippen LogP contribution in [0.3, 0.4) is 0 Å². The molecule has 4 rings (SSSR count). The van der Waals surface area contributed by atoms with E-state index in [4.69, 9.17) is 4.74 Å². The molecule has 0 bridgehead atoms. The molecule has 8 nitrogen and oxygen atoms in total. The molecule has 0 spiro atoms. The molecule has 1 saturated heterocycles. The maximum absolute atomic E-state index is 13.6. The van der Waals surface area contributed by atoms with Crippen molar-refractivity contribution in [1.82, 2.24) is 20.0 Å². The number of hydrogen-bond donors (Lipinski definition) is 3. The average molecular weight is 533 g/mol. The van der Waals surface area contributed by atoms with Crippen LogP contribution >= 0.6 is 27.7 Å². The van der Waals surface area contributed by atoms with Gasteiger partial charge in [0, 0.05) is 27.3 Å². The van der Waals surface area contributed by atoms with Crippen LogP contribution in [0.2, 0.25) is 0 Å². The first-order valence-corrected chi connectivity index (χ1v) is 10.9. The molecular formula is C19H16BrF3N4O4S. The molecule has 1 aliphatic heterocycles. The van der Waals surface area contributed by atoms with Crippen molar-refractivity contribution in [3.8, 4) is 11.3 Å². The van der Waals surface area contributed by atoms with E-state index in [-0.39, 0.29) is 11.3 Å². The summed E-state index contributed by atoms with van der Waals surface area (Å²) in [6, 6.07) is 2.18. The van der Waals surface area contributed by atoms with Crippen LogP contribution in [0, 0.1) is 17.5 Å². The Hall–Kier alpha value is -2.03. The Morgan fingerprint density at radius 1 is 1.09 bits per heavy atom. The van der Waals surface area contributed by atoms with Crippen molar-refractivity contribution in [2.24, 2.45) is 0 Å². The second-order valence-corrected chi connectivity index (χ2v) is 9.08. The molecule has 0 amide bonds. The third-order valence-electron chi connectivity index (χ3n) is 4.88. The number of ether oxygens (including phenoxy) is 1. The number of halogens is 4. The van der Waals surface area contributed by atoms with E-state index in [9.17, 15) is 28.5 Å². The number of rotatable bonds is 5. The van der Waals surface area contributed by atoms with E-state index in [1.807, 2.05) is 0 Å². The maximum Gasteiger partial charge on any atom is 0.194 e. The Labute approximate surface area is 192 Å². The van der Waals surface area contributed by atoms with E-state index in [0.717, 1.165) is 28.6 Å². The van der Waals surface area contributed by atoms with Gasteiger partial charge in [-0.3, -0.25) is 4.98 Å². The van der Waals surface area contributed by atoms with E-state index in [1.54, 1.807) is 18.5 Å². The minimum Gasteiger partial charge on any atom is -0.394 e. The number of aliphatic hydroxyl groups is 3. The number of thioether (sulfide) groups is 1. The molecule has 0 aliphatic carbocycles. The lowest BCUT2D eigenvalue weighted by Crippen LogP contribution is -2.55. The SMILES string of the molecule is OCC1O[C@H](Sc2cncc(Br)c2)C(O)[C@@H](n2cc(-c3cc(F)c(F)c(F)c3)nn2)[C@H]1O. The molecule has 1 aromatic carbocycles. The van der Waals surface area contributed by atoms with Gasteiger partial charge < -0.3 is 20.1 Å². The summed E-state index contributed by atoms with van der Waals surface area (Å²) in [5.74, 6) is -4.38. The zero-order valence-electron chi connectivity index (χ0n) is 16.0. The van der Waals surface area contributed by atoms with Crippen LogP contribution in [0.15, 0.2) is 46.2 Å². The van der Waals surface area contributed by atoms with Gasteiger partial charge in [0.15, 0.2) is 17.5 Å². The minimum absolute atomic E-state index is 0.00497. The van der Waals surface area contributed by atoms with Crippen molar-refractivity contribution in [2.75, 3.05) is 6.61 Å². The van der Waals surface area contributed by atoms with E-state index in [0.29, 0.717) is 9.37 Å². The first kappa shape index (κ1) is 23.1. The molecule has 2 unspecified atom stereocenters. The predicted molar refractivity (Wildman–Crippen MR) is 110 cm³/mol. The van der Waals surface area contributed by atoms with Crippen molar-refractivity contribution < 1.29 is 33.2 Å². The van der Waals surface area contributed by atoms with Crippen LogP contribution < -0.4 is 0 Å². The van der Waals surface area contributed by atoms with Gasteiger partial charge in [0.05, 0.1) is 12.8 Å². The van der Waals surface area contributed by atoms with Crippen molar-refractivity contribution in [3.05, 3.63) is 58.7 Å². The first-order valence-electron chi connectivity index (χ1n) is 9.25. The third kappa shape index (κ3) is 4.54. The fourth-order valence-electron chi connectivity index (χ4n) is 3.33. The summed E-state index contributed by atoms with van der Waals surface area (Å²) in [6.07, 6.45) is 0.672.